The first kappa shape index (κ1) is 15.3. The second-order valence-corrected chi connectivity index (χ2v) is 7.90. The maximum atomic E-state index is 12.2. The molecular weight excluding hydrogens is 302 g/mol. The third-order valence-electron chi connectivity index (χ3n) is 3.70. The molecule has 20 heavy (non-hydrogen) atoms. The van der Waals surface area contributed by atoms with Gasteiger partial charge >= 0.3 is 0 Å². The van der Waals surface area contributed by atoms with E-state index in [9.17, 15) is 13.2 Å². The lowest BCUT2D eigenvalue weighted by Crippen LogP contribution is -2.38. The number of halogens is 1. The number of nitrogens with one attached hydrogen (secondary N) is 2. The van der Waals surface area contributed by atoms with Gasteiger partial charge in [-0.25, -0.2) is 8.42 Å². The summed E-state index contributed by atoms with van der Waals surface area (Å²) >= 11 is 0. The Hall–Kier alpha value is -1.08. The molecule has 0 aliphatic heterocycles. The van der Waals surface area contributed by atoms with E-state index in [1.54, 1.807) is 0 Å². The fourth-order valence-electron chi connectivity index (χ4n) is 2.53. The Morgan fingerprint density at radius 3 is 2.50 bits per heavy atom. The number of rotatable bonds is 3. The molecule has 1 aromatic rings. The number of amides is 1. The average molecular weight is 320 g/mol. The lowest BCUT2D eigenvalue weighted by atomic mass is 9.87. The van der Waals surface area contributed by atoms with Gasteiger partial charge in [0.2, 0.25) is 0 Å². The first-order valence-electron chi connectivity index (χ1n) is 6.59. The van der Waals surface area contributed by atoms with Gasteiger partial charge in [-0.3, -0.25) is 9.89 Å². The summed E-state index contributed by atoms with van der Waals surface area (Å²) in [5.74, 6) is 0.183. The third-order valence-corrected chi connectivity index (χ3v) is 5.15. The molecule has 2 N–H and O–H groups in total. The quantitative estimate of drug-likeness (QED) is 0.833. The molecule has 0 bridgehead atoms. The predicted octanol–water partition coefficient (Wildman–Crippen LogP) is 1.95. The summed E-state index contributed by atoms with van der Waals surface area (Å²) in [4.78, 5) is 11.9. The Kier molecular flexibility index (Phi) is 4.39. The van der Waals surface area contributed by atoms with Gasteiger partial charge in [0.05, 0.1) is 5.69 Å². The zero-order chi connectivity index (χ0) is 14.9. The number of aromatic amines is 1. The second-order valence-electron chi connectivity index (χ2n) is 5.39. The lowest BCUT2D eigenvalue weighted by molar-refractivity contribution is 0.0914. The van der Waals surface area contributed by atoms with Crippen LogP contribution in [0.3, 0.4) is 0 Å². The molecule has 1 aromatic heterocycles. The van der Waals surface area contributed by atoms with Crippen molar-refractivity contribution in [3.8, 4) is 0 Å². The predicted molar refractivity (Wildman–Crippen MR) is 75.2 cm³/mol. The molecule has 112 valence electrons. The Morgan fingerprint density at radius 1 is 1.35 bits per heavy atom. The first-order valence-corrected chi connectivity index (χ1v) is 8.90. The standard InChI is InChI=1S/C12H18ClN3O3S/c1-7-3-5-9(6-4-7)14-12(17)10-11(20(13,18)19)8(2)15-16-10/h7,9H,3-6H2,1-2H3,(H,14,17)(H,15,16). The Morgan fingerprint density at radius 2 is 1.95 bits per heavy atom. The molecule has 0 unspecified atom stereocenters. The van der Waals surface area contributed by atoms with Gasteiger partial charge in [-0.15, -0.1) is 0 Å². The van der Waals surface area contributed by atoms with Gasteiger partial charge in [0.15, 0.2) is 5.69 Å². The SMILES string of the molecule is Cc1[nH]nc(C(=O)NC2CCC(C)CC2)c1S(=O)(=O)Cl. The van der Waals surface area contributed by atoms with E-state index >= 15 is 0 Å². The minimum absolute atomic E-state index is 0.0709. The summed E-state index contributed by atoms with van der Waals surface area (Å²) in [5, 5.41) is 9.09. The molecule has 1 heterocycles. The van der Waals surface area contributed by atoms with Crippen LogP contribution in [-0.4, -0.2) is 30.6 Å². The van der Waals surface area contributed by atoms with Crippen LogP contribution >= 0.6 is 10.7 Å². The van der Waals surface area contributed by atoms with Gasteiger partial charge in [0.25, 0.3) is 15.0 Å². The number of hydrogen-bond acceptors (Lipinski definition) is 4. The van der Waals surface area contributed by atoms with Crippen molar-refractivity contribution in [3.63, 3.8) is 0 Å². The monoisotopic (exact) mass is 319 g/mol. The van der Waals surface area contributed by atoms with Gasteiger partial charge in [-0.05, 0) is 38.5 Å². The van der Waals surface area contributed by atoms with Crippen molar-refractivity contribution in [1.82, 2.24) is 15.5 Å². The summed E-state index contributed by atoms with van der Waals surface area (Å²) in [6.45, 7) is 3.70. The Bertz CT molecular complexity index is 603. The van der Waals surface area contributed by atoms with E-state index < -0.39 is 15.0 Å². The highest BCUT2D eigenvalue weighted by Gasteiger charge is 2.28. The van der Waals surface area contributed by atoms with E-state index in [4.69, 9.17) is 10.7 Å². The zero-order valence-corrected chi connectivity index (χ0v) is 13.0. The number of nitrogens with zero attached hydrogens (tertiary/aromatic N) is 1. The van der Waals surface area contributed by atoms with Crippen LogP contribution in [0, 0.1) is 12.8 Å². The van der Waals surface area contributed by atoms with Crippen LogP contribution in [0.1, 0.15) is 48.8 Å². The van der Waals surface area contributed by atoms with Crippen molar-refractivity contribution in [1.29, 1.82) is 0 Å². The molecule has 1 aliphatic carbocycles. The maximum Gasteiger partial charge on any atom is 0.273 e. The first-order chi connectivity index (χ1) is 9.29. The summed E-state index contributed by atoms with van der Waals surface area (Å²) in [6.07, 6.45) is 3.93. The van der Waals surface area contributed by atoms with Crippen molar-refractivity contribution in [2.45, 2.75) is 50.5 Å². The average Bonchev–Trinajstić information content (AvgIpc) is 2.74. The highest BCUT2D eigenvalue weighted by Crippen LogP contribution is 2.25. The Labute approximate surface area is 122 Å². The summed E-state index contributed by atoms with van der Waals surface area (Å²) in [7, 11) is 1.35. The number of H-pyrrole nitrogens is 1. The molecule has 1 saturated carbocycles. The van der Waals surface area contributed by atoms with Crippen molar-refractivity contribution < 1.29 is 13.2 Å². The smallest absolute Gasteiger partial charge is 0.273 e. The van der Waals surface area contributed by atoms with Gasteiger partial charge in [-0.2, -0.15) is 5.10 Å². The van der Waals surface area contributed by atoms with Crippen LogP contribution < -0.4 is 5.32 Å². The topological polar surface area (TPSA) is 91.9 Å². The van der Waals surface area contributed by atoms with E-state index in [2.05, 4.69) is 22.4 Å². The van der Waals surface area contributed by atoms with Crippen LogP contribution in [-0.2, 0) is 9.05 Å². The van der Waals surface area contributed by atoms with E-state index in [0.717, 1.165) is 25.7 Å². The van der Waals surface area contributed by atoms with Crippen LogP contribution in [0.25, 0.3) is 0 Å². The van der Waals surface area contributed by atoms with Crippen molar-refractivity contribution in [3.05, 3.63) is 11.4 Å². The summed E-state index contributed by atoms with van der Waals surface area (Å²) < 4.78 is 23.0. The molecule has 0 atom stereocenters. The largest absolute Gasteiger partial charge is 0.348 e. The molecule has 1 fully saturated rings. The summed E-state index contributed by atoms with van der Waals surface area (Å²) in [6, 6.07) is 0.0709. The highest BCUT2D eigenvalue weighted by molar-refractivity contribution is 8.13. The molecule has 0 saturated heterocycles. The number of carbonyl (C=O) groups is 1. The molecule has 8 heteroatoms. The normalized spacial score (nSPS) is 23.6. The van der Waals surface area contributed by atoms with Gasteiger partial charge < -0.3 is 5.32 Å². The van der Waals surface area contributed by atoms with Gasteiger partial charge in [0, 0.05) is 16.7 Å². The van der Waals surface area contributed by atoms with Gasteiger partial charge in [-0.1, -0.05) is 6.92 Å². The van der Waals surface area contributed by atoms with Crippen molar-refractivity contribution in [2.24, 2.45) is 5.92 Å². The molecule has 0 aromatic carbocycles. The molecule has 6 nitrogen and oxygen atoms in total. The fourth-order valence-corrected chi connectivity index (χ4v) is 3.88. The van der Waals surface area contributed by atoms with Crippen molar-refractivity contribution >= 4 is 25.6 Å². The lowest BCUT2D eigenvalue weighted by Gasteiger charge is -2.26. The van der Waals surface area contributed by atoms with Crippen LogP contribution in [0.15, 0.2) is 4.90 Å². The molecule has 1 aliphatic rings. The fraction of sp³-hybridized carbons (Fsp3) is 0.667. The van der Waals surface area contributed by atoms with Crippen LogP contribution in [0.5, 0.6) is 0 Å². The summed E-state index contributed by atoms with van der Waals surface area (Å²) in [5.41, 5.74) is 0.110. The van der Waals surface area contributed by atoms with E-state index in [0.29, 0.717) is 5.92 Å². The molecular formula is C12H18ClN3O3S. The van der Waals surface area contributed by atoms with Crippen molar-refractivity contribution in [2.75, 3.05) is 0 Å². The van der Waals surface area contributed by atoms with Crippen LogP contribution in [0.2, 0.25) is 0 Å². The second kappa shape index (κ2) is 5.73. The number of aromatic nitrogens is 2. The molecule has 2 rings (SSSR count). The minimum atomic E-state index is -4.00. The number of hydrogen-bond donors (Lipinski definition) is 2. The number of carbonyl (C=O) groups excluding carboxylic acids is 1. The molecule has 1 amide bonds. The van der Waals surface area contributed by atoms with E-state index in [1.165, 1.54) is 6.92 Å². The van der Waals surface area contributed by atoms with Gasteiger partial charge in [0.1, 0.15) is 4.90 Å². The molecule has 0 spiro atoms. The maximum absolute atomic E-state index is 12.2. The highest BCUT2D eigenvalue weighted by atomic mass is 35.7. The van der Waals surface area contributed by atoms with E-state index in [1.807, 2.05) is 0 Å². The third kappa shape index (κ3) is 3.32. The number of aryl methyl sites for hydroxylation is 1. The Balaban J connectivity index is 2.14. The zero-order valence-electron chi connectivity index (χ0n) is 11.4. The van der Waals surface area contributed by atoms with E-state index in [-0.39, 0.29) is 22.3 Å². The minimum Gasteiger partial charge on any atom is -0.348 e. The molecule has 0 radical (unpaired) electrons. The van der Waals surface area contributed by atoms with Crippen LogP contribution in [0.4, 0.5) is 0 Å².